The number of carbonyl (C=O) groups excluding carboxylic acids is 1. The molecule has 0 aliphatic heterocycles. The topological polar surface area (TPSA) is 64.7 Å². The third kappa shape index (κ3) is 3.67. The first-order valence-electron chi connectivity index (χ1n) is 1.34. The molecule has 0 atom stereocenters. The molecule has 0 aromatic rings. The van der Waals surface area contributed by atoms with Gasteiger partial charge in [-0.15, -0.1) is 0 Å². The summed E-state index contributed by atoms with van der Waals surface area (Å²) in [6.45, 7) is 0. The van der Waals surface area contributed by atoms with E-state index in [2.05, 4.69) is 15.7 Å². The highest BCUT2D eigenvalue weighted by atomic mass is 127. The summed E-state index contributed by atoms with van der Waals surface area (Å²) in [5.74, 6) is 4.39. The summed E-state index contributed by atoms with van der Waals surface area (Å²) in [4.78, 5) is 16.6. The minimum Gasteiger partial charge on any atom is -0.355 e. The van der Waals surface area contributed by atoms with Crippen molar-refractivity contribution < 1.29 is 9.63 Å². The Morgan fingerprint density at radius 1 is 2.00 bits per heavy atom. The molecule has 0 heterocycles. The Morgan fingerprint density at radius 3 is 2.71 bits per heavy atom. The van der Waals surface area contributed by atoms with Gasteiger partial charge in [0.25, 0.3) is 0 Å². The lowest BCUT2D eigenvalue weighted by molar-refractivity contribution is 0.159. The van der Waals surface area contributed by atoms with Gasteiger partial charge < -0.3 is 4.84 Å². The van der Waals surface area contributed by atoms with Gasteiger partial charge in [0.15, 0.2) is 0 Å². The number of nitrogens with two attached hydrogens (primary N) is 1. The minimum absolute atomic E-state index is 0.783. The molecule has 0 radical (unpaired) electrons. The number of aliphatic imine (C=N–C) groups is 1. The quantitative estimate of drug-likeness (QED) is 0.362. The summed E-state index contributed by atoms with van der Waals surface area (Å²) >= 11 is 1.78. The van der Waals surface area contributed by atoms with Crippen LogP contribution >= 0.6 is 22.6 Å². The lowest BCUT2D eigenvalue weighted by atomic mass is 11.2. The third-order valence-corrected chi connectivity index (χ3v) is 0.534. The maximum Gasteiger partial charge on any atom is 0.452 e. The van der Waals surface area contributed by atoms with E-state index < -0.39 is 6.09 Å². The highest BCUT2D eigenvalue weighted by Crippen LogP contribution is 1.77. The van der Waals surface area contributed by atoms with Crippen LogP contribution in [0.25, 0.3) is 0 Å². The Bertz CT molecular complexity index is 91.7. The van der Waals surface area contributed by atoms with E-state index >= 15 is 0 Å². The molecule has 0 saturated carbocycles. The molecule has 0 saturated heterocycles. The average Bonchev–Trinajstić information content (AvgIpc) is 1.68. The molecule has 0 bridgehead atoms. The van der Waals surface area contributed by atoms with Crippen molar-refractivity contribution in [2.45, 2.75) is 0 Å². The third-order valence-electron chi connectivity index (χ3n) is 0.255. The van der Waals surface area contributed by atoms with Crippen molar-refractivity contribution in [1.29, 1.82) is 0 Å². The first kappa shape index (κ1) is 6.83. The van der Waals surface area contributed by atoms with Crippen LogP contribution in [-0.4, -0.2) is 10.3 Å². The van der Waals surface area contributed by atoms with Crippen molar-refractivity contribution in [1.82, 2.24) is 0 Å². The fourth-order valence-electron chi connectivity index (χ4n) is 0.0703. The van der Waals surface area contributed by atoms with Gasteiger partial charge in [-0.1, -0.05) is 0 Å². The monoisotopic (exact) mass is 214 g/mol. The fourth-order valence-corrected chi connectivity index (χ4v) is 0.298. The predicted molar refractivity (Wildman–Crippen MR) is 33.2 cm³/mol. The molecule has 40 valence electrons. The van der Waals surface area contributed by atoms with Crippen molar-refractivity contribution in [2.75, 3.05) is 0 Å². The molecule has 0 aromatic carbocycles. The van der Waals surface area contributed by atoms with Crippen LogP contribution in [0.15, 0.2) is 4.99 Å². The molecule has 0 aliphatic carbocycles. The summed E-state index contributed by atoms with van der Waals surface area (Å²) in [6.07, 6.45) is -0.783. The van der Waals surface area contributed by atoms with Crippen LogP contribution in [-0.2, 0) is 4.84 Å². The highest BCUT2D eigenvalue weighted by molar-refractivity contribution is 14.1. The van der Waals surface area contributed by atoms with Crippen LogP contribution in [0.4, 0.5) is 4.79 Å². The van der Waals surface area contributed by atoms with E-state index in [0.717, 1.165) is 0 Å². The second kappa shape index (κ2) is 4.00. The van der Waals surface area contributed by atoms with E-state index in [-0.39, 0.29) is 0 Å². The molecule has 7 heavy (non-hydrogen) atoms. The molecule has 0 rings (SSSR count). The first-order chi connectivity index (χ1) is 3.31. The smallest absolute Gasteiger partial charge is 0.355 e. The van der Waals surface area contributed by atoms with Gasteiger partial charge in [0, 0.05) is 0 Å². The van der Waals surface area contributed by atoms with Crippen LogP contribution in [0.1, 0.15) is 0 Å². The second-order valence-corrected chi connectivity index (χ2v) is 1.17. The molecule has 5 heteroatoms. The van der Waals surface area contributed by atoms with Gasteiger partial charge in [-0.05, 0) is 22.6 Å². The van der Waals surface area contributed by atoms with Gasteiger partial charge >= 0.3 is 6.09 Å². The number of nitrogens with zero attached hydrogens (tertiary/aromatic N) is 1. The number of rotatable bonds is 0. The van der Waals surface area contributed by atoms with E-state index in [1.54, 1.807) is 22.6 Å². The zero-order valence-corrected chi connectivity index (χ0v) is 5.45. The average molecular weight is 214 g/mol. The predicted octanol–water partition coefficient (Wildman–Crippen LogP) is 0.460. The van der Waals surface area contributed by atoms with Crippen LogP contribution < -0.4 is 5.90 Å². The zero-order valence-electron chi connectivity index (χ0n) is 3.30. The van der Waals surface area contributed by atoms with Gasteiger partial charge in [0.05, 0.1) is 4.22 Å². The normalized spacial score (nSPS) is 9.43. The molecule has 4 nitrogen and oxygen atoms in total. The molecular weight excluding hydrogens is 211 g/mol. The number of hydrogen-bond donors (Lipinski definition) is 1. The van der Waals surface area contributed by atoms with Crippen LogP contribution in [0, 0.1) is 0 Å². The molecule has 0 unspecified atom stereocenters. The summed E-state index contributed by atoms with van der Waals surface area (Å²) < 4.78 is 1.27. The van der Waals surface area contributed by atoms with E-state index in [4.69, 9.17) is 0 Å². The highest BCUT2D eigenvalue weighted by Gasteiger charge is 1.87. The largest absolute Gasteiger partial charge is 0.452 e. The van der Waals surface area contributed by atoms with Crippen molar-refractivity contribution in [3.05, 3.63) is 0 Å². The molecule has 0 aliphatic rings. The van der Waals surface area contributed by atoms with Crippen molar-refractivity contribution in [3.8, 4) is 0 Å². The number of halogens is 1. The fraction of sp³-hybridized carbons (Fsp3) is 0. The Labute approximate surface area is 53.8 Å². The lowest BCUT2D eigenvalue weighted by Gasteiger charge is -1.82. The zero-order chi connectivity index (χ0) is 5.70. The Balaban J connectivity index is 3.37. The number of hydrogen-bond acceptors (Lipinski definition) is 3. The van der Waals surface area contributed by atoms with Crippen LogP contribution in [0.3, 0.4) is 0 Å². The van der Waals surface area contributed by atoms with Gasteiger partial charge in [-0.25, -0.2) is 4.79 Å². The van der Waals surface area contributed by atoms with Gasteiger partial charge in [-0.2, -0.15) is 10.9 Å². The molecular formula is C2H3IN2O2. The van der Waals surface area contributed by atoms with E-state index in [9.17, 15) is 4.79 Å². The number of carbonyl (C=O) groups is 1. The van der Waals surface area contributed by atoms with Crippen molar-refractivity contribution in [2.24, 2.45) is 10.9 Å². The summed E-state index contributed by atoms with van der Waals surface area (Å²) in [6, 6.07) is 0. The molecule has 0 fully saturated rings. The minimum atomic E-state index is -0.783. The first-order valence-corrected chi connectivity index (χ1v) is 2.59. The van der Waals surface area contributed by atoms with Crippen molar-refractivity contribution >= 4 is 32.9 Å². The molecule has 0 aromatic heterocycles. The van der Waals surface area contributed by atoms with Gasteiger partial charge in [0.1, 0.15) is 0 Å². The molecule has 2 N–H and O–H groups in total. The Hall–Kier alpha value is -0.170. The lowest BCUT2D eigenvalue weighted by Crippen LogP contribution is -2.03. The molecule has 0 spiro atoms. The van der Waals surface area contributed by atoms with E-state index in [1.165, 1.54) is 4.22 Å². The SMILES string of the molecule is NOC(=O)N=CI. The van der Waals surface area contributed by atoms with Crippen LogP contribution in [0.2, 0.25) is 0 Å². The molecule has 1 amide bonds. The van der Waals surface area contributed by atoms with Crippen molar-refractivity contribution in [3.63, 3.8) is 0 Å². The maximum atomic E-state index is 9.86. The summed E-state index contributed by atoms with van der Waals surface area (Å²) in [5, 5.41) is 0. The maximum absolute atomic E-state index is 9.86. The Morgan fingerprint density at radius 2 is 2.57 bits per heavy atom. The van der Waals surface area contributed by atoms with Crippen LogP contribution in [0.5, 0.6) is 0 Å². The van der Waals surface area contributed by atoms with E-state index in [0.29, 0.717) is 0 Å². The van der Waals surface area contributed by atoms with Gasteiger partial charge in [-0.3, -0.25) is 0 Å². The number of amides is 1. The van der Waals surface area contributed by atoms with E-state index in [1.807, 2.05) is 0 Å². The standard InChI is InChI=1S/C2H3IN2O2/c3-1-5-2(6)7-4/h1H,4H2. The Kier molecular flexibility index (Phi) is 3.90. The second-order valence-electron chi connectivity index (χ2n) is 0.610. The summed E-state index contributed by atoms with van der Waals surface area (Å²) in [7, 11) is 0. The van der Waals surface area contributed by atoms with Gasteiger partial charge in [0.2, 0.25) is 0 Å². The summed E-state index contributed by atoms with van der Waals surface area (Å²) in [5.41, 5.74) is 0.